The molecule has 0 spiro atoms. The van der Waals surface area contributed by atoms with E-state index >= 15 is 0 Å². The monoisotopic (exact) mass is 323 g/mol. The zero-order valence-corrected chi connectivity index (χ0v) is 13.5. The van der Waals surface area contributed by atoms with Crippen molar-refractivity contribution in [2.75, 3.05) is 0 Å². The summed E-state index contributed by atoms with van der Waals surface area (Å²) >= 11 is 5.88. The third-order valence-corrected chi connectivity index (χ3v) is 4.13. The predicted molar refractivity (Wildman–Crippen MR) is 93.1 cm³/mol. The van der Waals surface area contributed by atoms with Crippen LogP contribution in [0, 0.1) is 11.3 Å². The lowest BCUT2D eigenvalue weighted by Crippen LogP contribution is -2.19. The molecule has 0 aliphatic rings. The molecular weight excluding hydrogens is 310 g/mol. The van der Waals surface area contributed by atoms with E-state index in [9.17, 15) is 10.1 Å². The number of allylic oxidation sites excluding steroid dienone is 1. The van der Waals surface area contributed by atoms with Crippen LogP contribution in [0.25, 0.3) is 22.7 Å². The van der Waals surface area contributed by atoms with Crippen molar-refractivity contribution in [3.05, 3.63) is 69.1 Å². The number of hydrogen-bond acceptors (Lipinski definition) is 2. The molecule has 0 bridgehead atoms. The molecule has 0 saturated carbocycles. The number of nitrogens with zero attached hydrogens (tertiary/aromatic N) is 3. The number of imidazole rings is 1. The Morgan fingerprint density at radius 3 is 2.39 bits per heavy atom. The van der Waals surface area contributed by atoms with Crippen LogP contribution in [0.4, 0.5) is 0 Å². The van der Waals surface area contributed by atoms with Crippen molar-refractivity contribution in [3.63, 3.8) is 0 Å². The maximum absolute atomic E-state index is 12.0. The number of hydrogen-bond donors (Lipinski definition) is 0. The molecule has 1 heterocycles. The van der Waals surface area contributed by atoms with Crippen LogP contribution in [0.2, 0.25) is 5.02 Å². The van der Waals surface area contributed by atoms with Gasteiger partial charge in [0.15, 0.2) is 0 Å². The molecule has 114 valence electrons. The van der Waals surface area contributed by atoms with Gasteiger partial charge in [0, 0.05) is 19.1 Å². The van der Waals surface area contributed by atoms with Gasteiger partial charge in [-0.05, 0) is 41.5 Å². The van der Waals surface area contributed by atoms with Crippen molar-refractivity contribution in [1.82, 2.24) is 9.13 Å². The number of halogens is 1. The summed E-state index contributed by atoms with van der Waals surface area (Å²) in [7, 11) is 3.48. The Morgan fingerprint density at radius 2 is 1.74 bits per heavy atom. The molecule has 0 atom stereocenters. The van der Waals surface area contributed by atoms with Crippen LogP contribution < -0.4 is 5.69 Å². The van der Waals surface area contributed by atoms with Gasteiger partial charge < -0.3 is 0 Å². The summed E-state index contributed by atoms with van der Waals surface area (Å²) in [6, 6.07) is 15.0. The minimum atomic E-state index is -0.0701. The molecule has 1 aromatic heterocycles. The van der Waals surface area contributed by atoms with Gasteiger partial charge in [-0.15, -0.1) is 0 Å². The molecule has 0 radical (unpaired) electrons. The molecule has 0 N–H and O–H groups in total. The first kappa shape index (κ1) is 15.1. The molecule has 0 unspecified atom stereocenters. The van der Waals surface area contributed by atoms with Crippen molar-refractivity contribution in [2.45, 2.75) is 0 Å². The molecular formula is C18H14ClN3O. The van der Waals surface area contributed by atoms with Gasteiger partial charge in [-0.2, -0.15) is 5.26 Å². The highest BCUT2D eigenvalue weighted by Crippen LogP contribution is 2.22. The molecule has 0 amide bonds. The minimum absolute atomic E-state index is 0.0701. The van der Waals surface area contributed by atoms with E-state index in [1.165, 1.54) is 0 Å². The molecule has 23 heavy (non-hydrogen) atoms. The van der Waals surface area contributed by atoms with Gasteiger partial charge in [-0.25, -0.2) is 4.79 Å². The van der Waals surface area contributed by atoms with Gasteiger partial charge in [0.2, 0.25) is 0 Å². The van der Waals surface area contributed by atoms with Crippen LogP contribution in [0.1, 0.15) is 11.1 Å². The van der Waals surface area contributed by atoms with Crippen molar-refractivity contribution in [3.8, 4) is 6.07 Å². The summed E-state index contributed by atoms with van der Waals surface area (Å²) in [4.78, 5) is 12.0. The van der Waals surface area contributed by atoms with Gasteiger partial charge in [-0.1, -0.05) is 29.8 Å². The normalized spacial score (nSPS) is 11.7. The van der Waals surface area contributed by atoms with Crippen LogP contribution >= 0.6 is 11.6 Å². The fourth-order valence-corrected chi connectivity index (χ4v) is 2.72. The largest absolute Gasteiger partial charge is 0.328 e. The van der Waals surface area contributed by atoms with Crippen LogP contribution in [-0.2, 0) is 14.1 Å². The number of rotatable bonds is 2. The summed E-state index contributed by atoms with van der Waals surface area (Å²) < 4.78 is 3.20. The third kappa shape index (κ3) is 2.67. The fourth-order valence-electron chi connectivity index (χ4n) is 2.59. The number of aryl methyl sites for hydroxylation is 2. The molecule has 3 aromatic rings. The standard InChI is InChI=1S/C18H14ClN3O/c1-21-16-8-3-12(10-17(16)22(2)18(21)23)9-14(11-20)13-4-6-15(19)7-5-13/h3-10H,1-2H3. The molecule has 0 aliphatic heterocycles. The van der Waals surface area contributed by atoms with Crippen LogP contribution in [0.15, 0.2) is 47.3 Å². The van der Waals surface area contributed by atoms with E-state index in [4.69, 9.17) is 11.6 Å². The molecule has 4 nitrogen and oxygen atoms in total. The van der Waals surface area contributed by atoms with Gasteiger partial charge in [0.05, 0.1) is 22.7 Å². The second-order valence-corrected chi connectivity index (χ2v) is 5.76. The Kier molecular flexibility index (Phi) is 3.81. The molecule has 5 heteroatoms. The Balaban J connectivity index is 2.12. The lowest BCUT2D eigenvalue weighted by atomic mass is 10.0. The van der Waals surface area contributed by atoms with E-state index in [1.54, 1.807) is 41.4 Å². The van der Waals surface area contributed by atoms with Crippen molar-refractivity contribution < 1.29 is 0 Å². The van der Waals surface area contributed by atoms with E-state index in [0.29, 0.717) is 10.6 Å². The number of aromatic nitrogens is 2. The van der Waals surface area contributed by atoms with E-state index in [2.05, 4.69) is 6.07 Å². The topological polar surface area (TPSA) is 50.7 Å². The molecule has 0 aliphatic carbocycles. The van der Waals surface area contributed by atoms with Crippen LogP contribution in [0.3, 0.4) is 0 Å². The van der Waals surface area contributed by atoms with E-state index in [-0.39, 0.29) is 5.69 Å². The Morgan fingerprint density at radius 1 is 1.09 bits per heavy atom. The number of nitriles is 1. The average molecular weight is 324 g/mol. The Bertz CT molecular complexity index is 1020. The number of benzene rings is 2. The summed E-state index contributed by atoms with van der Waals surface area (Å²) in [5.41, 5.74) is 3.84. The molecule has 0 saturated heterocycles. The summed E-state index contributed by atoms with van der Waals surface area (Å²) in [5, 5.41) is 10.0. The second kappa shape index (κ2) is 5.79. The van der Waals surface area contributed by atoms with Gasteiger partial charge in [0.1, 0.15) is 0 Å². The van der Waals surface area contributed by atoms with Crippen LogP contribution in [0.5, 0.6) is 0 Å². The summed E-state index contributed by atoms with van der Waals surface area (Å²) in [6.45, 7) is 0. The molecule has 3 rings (SSSR count). The predicted octanol–water partition coefficient (Wildman–Crippen LogP) is 3.59. The molecule has 2 aromatic carbocycles. The van der Waals surface area contributed by atoms with Gasteiger partial charge in [0.25, 0.3) is 0 Å². The average Bonchev–Trinajstić information content (AvgIpc) is 2.78. The van der Waals surface area contributed by atoms with Crippen molar-refractivity contribution >= 4 is 34.3 Å². The lowest BCUT2D eigenvalue weighted by molar-refractivity contribution is 0.795. The Hall–Kier alpha value is -2.77. The maximum atomic E-state index is 12.0. The minimum Gasteiger partial charge on any atom is -0.295 e. The van der Waals surface area contributed by atoms with Crippen molar-refractivity contribution in [1.29, 1.82) is 5.26 Å². The maximum Gasteiger partial charge on any atom is 0.328 e. The zero-order valence-electron chi connectivity index (χ0n) is 12.7. The highest BCUT2D eigenvalue weighted by molar-refractivity contribution is 6.30. The van der Waals surface area contributed by atoms with Gasteiger partial charge in [-0.3, -0.25) is 9.13 Å². The third-order valence-electron chi connectivity index (χ3n) is 3.88. The highest BCUT2D eigenvalue weighted by Gasteiger charge is 2.08. The van der Waals surface area contributed by atoms with Crippen LogP contribution in [-0.4, -0.2) is 9.13 Å². The first-order valence-electron chi connectivity index (χ1n) is 7.04. The SMILES string of the molecule is Cn1c(=O)n(C)c2cc(C=C(C#N)c3ccc(Cl)cc3)ccc21. The summed E-state index contributed by atoms with van der Waals surface area (Å²) in [5.74, 6) is 0. The van der Waals surface area contributed by atoms with E-state index in [0.717, 1.165) is 22.2 Å². The first-order chi connectivity index (χ1) is 11.0. The van der Waals surface area contributed by atoms with E-state index < -0.39 is 0 Å². The summed E-state index contributed by atoms with van der Waals surface area (Å²) in [6.07, 6.45) is 1.81. The fraction of sp³-hybridized carbons (Fsp3) is 0.111. The van der Waals surface area contributed by atoms with E-state index in [1.807, 2.05) is 30.3 Å². The Labute approximate surface area is 138 Å². The quantitative estimate of drug-likeness (QED) is 0.534. The smallest absolute Gasteiger partial charge is 0.295 e. The lowest BCUT2D eigenvalue weighted by Gasteiger charge is -2.01. The number of fused-ring (bicyclic) bond motifs is 1. The van der Waals surface area contributed by atoms with Gasteiger partial charge >= 0.3 is 5.69 Å². The zero-order chi connectivity index (χ0) is 16.6. The molecule has 0 fully saturated rings. The van der Waals surface area contributed by atoms with Crippen molar-refractivity contribution in [2.24, 2.45) is 14.1 Å². The highest BCUT2D eigenvalue weighted by atomic mass is 35.5. The second-order valence-electron chi connectivity index (χ2n) is 5.33. The first-order valence-corrected chi connectivity index (χ1v) is 7.42.